The third-order valence-corrected chi connectivity index (χ3v) is 5.21. The Hall–Kier alpha value is -2.84. The van der Waals surface area contributed by atoms with Gasteiger partial charge in [-0.25, -0.2) is 15.0 Å². The number of anilines is 1. The van der Waals surface area contributed by atoms with E-state index in [1.807, 2.05) is 24.8 Å². The Bertz CT molecular complexity index is 1040. The minimum absolute atomic E-state index is 0.135. The fourth-order valence-electron chi connectivity index (χ4n) is 3.16. The molecule has 0 amide bonds. The van der Waals surface area contributed by atoms with Crippen LogP contribution in [-0.4, -0.2) is 49.8 Å². The number of aromatic nitrogens is 5. The Labute approximate surface area is 168 Å². The van der Waals surface area contributed by atoms with E-state index in [9.17, 15) is 0 Å². The third-order valence-electron chi connectivity index (χ3n) is 4.33. The van der Waals surface area contributed by atoms with Gasteiger partial charge in [-0.3, -0.25) is 4.68 Å². The van der Waals surface area contributed by atoms with Gasteiger partial charge in [0.05, 0.1) is 18.5 Å². The molecule has 0 bridgehead atoms. The van der Waals surface area contributed by atoms with Gasteiger partial charge in [0.1, 0.15) is 29.1 Å². The van der Waals surface area contributed by atoms with Gasteiger partial charge in [0.25, 0.3) is 0 Å². The van der Waals surface area contributed by atoms with Crippen molar-refractivity contribution in [3.8, 4) is 11.1 Å². The van der Waals surface area contributed by atoms with Crippen molar-refractivity contribution in [2.45, 2.75) is 26.1 Å². The van der Waals surface area contributed by atoms with Crippen molar-refractivity contribution < 1.29 is 0 Å². The van der Waals surface area contributed by atoms with Crippen molar-refractivity contribution in [3.05, 3.63) is 54.2 Å². The van der Waals surface area contributed by atoms with E-state index in [1.165, 1.54) is 5.56 Å². The molecule has 0 unspecified atom stereocenters. The monoisotopic (exact) mass is 393 g/mol. The average molecular weight is 394 g/mol. The lowest BCUT2D eigenvalue weighted by atomic mass is 10.1. The second-order valence-corrected chi connectivity index (χ2v) is 7.94. The molecule has 0 spiro atoms. The van der Waals surface area contributed by atoms with Crippen molar-refractivity contribution in [2.75, 3.05) is 19.4 Å². The molecule has 0 saturated carbocycles. The standard InChI is InChI=1S/C20H23N7S/c1-14(9-27-13-21-12-22-27)23-19-18-16(15-7-5-4-6-8-15)11-28-20(18)25-17(24-19)10-26(2)3/h4-8,11-14H,9-10H2,1-3H3,(H,23,24,25)/t14-/m1/s1. The highest BCUT2D eigenvalue weighted by Crippen LogP contribution is 2.37. The lowest BCUT2D eigenvalue weighted by Crippen LogP contribution is -2.23. The second kappa shape index (κ2) is 8.04. The largest absolute Gasteiger partial charge is 0.365 e. The first-order valence-corrected chi connectivity index (χ1v) is 10.1. The van der Waals surface area contributed by atoms with Crippen molar-refractivity contribution in [3.63, 3.8) is 0 Å². The van der Waals surface area contributed by atoms with E-state index in [-0.39, 0.29) is 6.04 Å². The molecule has 1 atom stereocenters. The molecule has 0 radical (unpaired) electrons. The summed E-state index contributed by atoms with van der Waals surface area (Å²) in [6.07, 6.45) is 3.28. The second-order valence-electron chi connectivity index (χ2n) is 7.08. The highest BCUT2D eigenvalue weighted by atomic mass is 32.1. The SMILES string of the molecule is C[C@H](Cn1cncn1)Nc1nc(CN(C)C)nc2scc(-c3ccccc3)c12. The molecule has 3 aromatic heterocycles. The van der Waals surface area contributed by atoms with Crippen LogP contribution >= 0.6 is 11.3 Å². The van der Waals surface area contributed by atoms with Gasteiger partial charge in [0.15, 0.2) is 0 Å². The molecule has 1 N–H and O–H groups in total. The molecular formula is C20H23N7S. The van der Waals surface area contributed by atoms with Gasteiger partial charge in [-0.2, -0.15) is 5.10 Å². The lowest BCUT2D eigenvalue weighted by Gasteiger charge is -2.17. The van der Waals surface area contributed by atoms with Crippen LogP contribution in [0.4, 0.5) is 5.82 Å². The number of hydrogen-bond acceptors (Lipinski definition) is 7. The maximum Gasteiger partial charge on any atom is 0.146 e. The average Bonchev–Trinajstić information content (AvgIpc) is 3.31. The lowest BCUT2D eigenvalue weighted by molar-refractivity contribution is 0.391. The van der Waals surface area contributed by atoms with E-state index in [1.54, 1.807) is 24.0 Å². The number of fused-ring (bicyclic) bond motifs is 1. The molecule has 7 nitrogen and oxygen atoms in total. The van der Waals surface area contributed by atoms with Crippen LogP contribution in [0.5, 0.6) is 0 Å². The Kier molecular flexibility index (Phi) is 5.31. The summed E-state index contributed by atoms with van der Waals surface area (Å²) in [6.45, 7) is 3.52. The number of nitrogens with zero attached hydrogens (tertiary/aromatic N) is 6. The Morgan fingerprint density at radius 3 is 2.71 bits per heavy atom. The van der Waals surface area contributed by atoms with Crippen LogP contribution in [0.25, 0.3) is 21.3 Å². The Balaban J connectivity index is 1.75. The molecule has 8 heteroatoms. The summed E-state index contributed by atoms with van der Waals surface area (Å²) < 4.78 is 1.82. The predicted molar refractivity (Wildman–Crippen MR) is 113 cm³/mol. The van der Waals surface area contributed by atoms with Crippen LogP contribution < -0.4 is 5.32 Å². The highest BCUT2D eigenvalue weighted by molar-refractivity contribution is 7.17. The first-order valence-electron chi connectivity index (χ1n) is 9.17. The van der Waals surface area contributed by atoms with Crippen LogP contribution in [0.2, 0.25) is 0 Å². The number of hydrogen-bond donors (Lipinski definition) is 1. The summed E-state index contributed by atoms with van der Waals surface area (Å²) in [6, 6.07) is 10.5. The number of benzene rings is 1. The number of rotatable bonds is 7. The molecule has 4 aromatic rings. The zero-order valence-corrected chi connectivity index (χ0v) is 17.0. The quantitative estimate of drug-likeness (QED) is 0.518. The van der Waals surface area contributed by atoms with Gasteiger partial charge in [0.2, 0.25) is 0 Å². The normalized spacial score (nSPS) is 12.6. The summed E-state index contributed by atoms with van der Waals surface area (Å²) in [7, 11) is 4.05. The molecule has 0 aliphatic heterocycles. The summed E-state index contributed by atoms with van der Waals surface area (Å²) in [5, 5.41) is 11.0. The van der Waals surface area contributed by atoms with E-state index in [2.05, 4.69) is 56.9 Å². The van der Waals surface area contributed by atoms with E-state index < -0.39 is 0 Å². The molecule has 0 aliphatic rings. The Morgan fingerprint density at radius 2 is 2.00 bits per heavy atom. The van der Waals surface area contributed by atoms with Gasteiger partial charge in [-0.15, -0.1) is 11.3 Å². The van der Waals surface area contributed by atoms with Crippen LogP contribution in [-0.2, 0) is 13.1 Å². The van der Waals surface area contributed by atoms with Crippen LogP contribution in [0.1, 0.15) is 12.7 Å². The number of nitrogens with one attached hydrogen (secondary N) is 1. The van der Waals surface area contributed by atoms with Crippen molar-refractivity contribution in [1.29, 1.82) is 0 Å². The summed E-state index contributed by atoms with van der Waals surface area (Å²) in [5.74, 6) is 1.68. The minimum Gasteiger partial charge on any atom is -0.365 e. The van der Waals surface area contributed by atoms with Gasteiger partial charge < -0.3 is 10.2 Å². The fraction of sp³-hybridized carbons (Fsp3) is 0.300. The summed E-state index contributed by atoms with van der Waals surface area (Å²) >= 11 is 1.66. The fourth-order valence-corrected chi connectivity index (χ4v) is 4.13. The topological polar surface area (TPSA) is 71.8 Å². The van der Waals surface area contributed by atoms with Crippen LogP contribution in [0.3, 0.4) is 0 Å². The molecule has 0 aliphatic carbocycles. The molecule has 4 rings (SSSR count). The predicted octanol–water partition coefficient (Wildman–Crippen LogP) is 3.51. The maximum atomic E-state index is 4.87. The smallest absolute Gasteiger partial charge is 0.146 e. The van der Waals surface area contributed by atoms with Crippen molar-refractivity contribution >= 4 is 27.4 Å². The van der Waals surface area contributed by atoms with Crippen molar-refractivity contribution in [1.82, 2.24) is 29.6 Å². The van der Waals surface area contributed by atoms with Gasteiger partial charge in [-0.1, -0.05) is 30.3 Å². The maximum absolute atomic E-state index is 4.87. The van der Waals surface area contributed by atoms with Crippen LogP contribution in [0, 0.1) is 0 Å². The summed E-state index contributed by atoms with van der Waals surface area (Å²) in [5.41, 5.74) is 2.33. The highest BCUT2D eigenvalue weighted by Gasteiger charge is 2.17. The van der Waals surface area contributed by atoms with E-state index in [0.29, 0.717) is 13.1 Å². The van der Waals surface area contributed by atoms with Crippen LogP contribution in [0.15, 0.2) is 48.4 Å². The molecule has 3 heterocycles. The molecule has 0 fully saturated rings. The molecular weight excluding hydrogens is 370 g/mol. The van der Waals surface area contributed by atoms with Gasteiger partial charge >= 0.3 is 0 Å². The first-order chi connectivity index (χ1) is 13.6. The van der Waals surface area contributed by atoms with E-state index >= 15 is 0 Å². The number of thiophene rings is 1. The first kappa shape index (κ1) is 18.5. The van der Waals surface area contributed by atoms with E-state index in [0.717, 1.165) is 27.4 Å². The zero-order chi connectivity index (χ0) is 19.5. The van der Waals surface area contributed by atoms with Gasteiger partial charge in [0, 0.05) is 17.0 Å². The zero-order valence-electron chi connectivity index (χ0n) is 16.2. The molecule has 28 heavy (non-hydrogen) atoms. The summed E-state index contributed by atoms with van der Waals surface area (Å²) in [4.78, 5) is 16.8. The minimum atomic E-state index is 0.135. The van der Waals surface area contributed by atoms with Crippen molar-refractivity contribution in [2.24, 2.45) is 0 Å². The van der Waals surface area contributed by atoms with E-state index in [4.69, 9.17) is 9.97 Å². The molecule has 1 aromatic carbocycles. The Morgan fingerprint density at radius 1 is 1.18 bits per heavy atom. The third kappa shape index (κ3) is 4.02. The van der Waals surface area contributed by atoms with Gasteiger partial charge in [-0.05, 0) is 26.6 Å². The molecule has 0 saturated heterocycles. The molecule has 144 valence electrons.